The Labute approximate surface area is 108 Å². The molecule has 1 N–H and O–H groups in total. The summed E-state index contributed by atoms with van der Waals surface area (Å²) in [5.41, 5.74) is 1.18. The van der Waals surface area contributed by atoms with E-state index in [0.717, 1.165) is 37.8 Å². The van der Waals surface area contributed by atoms with Crippen molar-refractivity contribution in [1.29, 1.82) is 0 Å². The molecule has 0 bridgehead atoms. The third-order valence-corrected chi connectivity index (χ3v) is 3.48. The largest absolute Gasteiger partial charge is 0.346 e. The number of thiocarbonyl (C=S) groups is 1. The normalized spacial score (nSPS) is 15.7. The standard InChI is InChI=1S/C13H19N3S/c1-2-16(12-6-4-3-5-7-12)13(17)15-10-8-14-9-11-15/h3-7,14H,2,8-11H2,1H3. The molecule has 1 aliphatic rings. The van der Waals surface area contributed by atoms with Gasteiger partial charge in [0.15, 0.2) is 5.11 Å². The van der Waals surface area contributed by atoms with Crippen LogP contribution in [0.4, 0.5) is 5.69 Å². The minimum atomic E-state index is 0.909. The first kappa shape index (κ1) is 12.3. The molecule has 0 aliphatic carbocycles. The summed E-state index contributed by atoms with van der Waals surface area (Å²) >= 11 is 5.60. The SMILES string of the molecule is CCN(C(=S)N1CCNCC1)c1ccccc1. The summed E-state index contributed by atoms with van der Waals surface area (Å²) in [6.07, 6.45) is 0. The van der Waals surface area contributed by atoms with Crippen LogP contribution in [-0.2, 0) is 0 Å². The van der Waals surface area contributed by atoms with Crippen molar-refractivity contribution >= 4 is 23.0 Å². The molecule has 0 radical (unpaired) electrons. The Morgan fingerprint density at radius 3 is 2.53 bits per heavy atom. The molecule has 0 aromatic heterocycles. The first-order chi connectivity index (χ1) is 8.33. The van der Waals surface area contributed by atoms with E-state index >= 15 is 0 Å². The molecular formula is C13H19N3S. The minimum Gasteiger partial charge on any atom is -0.346 e. The number of nitrogens with one attached hydrogen (secondary N) is 1. The number of anilines is 1. The lowest BCUT2D eigenvalue weighted by Crippen LogP contribution is -2.51. The van der Waals surface area contributed by atoms with Crippen LogP contribution >= 0.6 is 12.2 Å². The Morgan fingerprint density at radius 2 is 1.94 bits per heavy atom. The van der Waals surface area contributed by atoms with Crippen molar-refractivity contribution in [2.45, 2.75) is 6.92 Å². The van der Waals surface area contributed by atoms with Crippen LogP contribution in [0.1, 0.15) is 6.92 Å². The van der Waals surface area contributed by atoms with Crippen LogP contribution in [0.2, 0.25) is 0 Å². The van der Waals surface area contributed by atoms with E-state index in [0.29, 0.717) is 0 Å². The van der Waals surface area contributed by atoms with Crippen molar-refractivity contribution in [1.82, 2.24) is 10.2 Å². The summed E-state index contributed by atoms with van der Waals surface area (Å²) in [5, 5.41) is 4.29. The Balaban J connectivity index is 2.10. The maximum absolute atomic E-state index is 5.60. The maximum Gasteiger partial charge on any atom is 0.176 e. The zero-order valence-corrected chi connectivity index (χ0v) is 11.0. The highest BCUT2D eigenvalue weighted by atomic mass is 32.1. The molecule has 1 aromatic rings. The molecule has 0 saturated carbocycles. The number of piperazine rings is 1. The van der Waals surface area contributed by atoms with E-state index in [9.17, 15) is 0 Å². The van der Waals surface area contributed by atoms with Gasteiger partial charge in [0.1, 0.15) is 0 Å². The third kappa shape index (κ3) is 2.96. The van der Waals surface area contributed by atoms with Gasteiger partial charge in [-0.3, -0.25) is 0 Å². The lowest BCUT2D eigenvalue weighted by Gasteiger charge is -2.35. The molecule has 1 saturated heterocycles. The van der Waals surface area contributed by atoms with E-state index in [1.54, 1.807) is 0 Å². The van der Waals surface area contributed by atoms with Crippen LogP contribution in [0.3, 0.4) is 0 Å². The Kier molecular flexibility index (Phi) is 4.34. The molecule has 17 heavy (non-hydrogen) atoms. The lowest BCUT2D eigenvalue weighted by molar-refractivity contribution is 0.357. The van der Waals surface area contributed by atoms with Crippen molar-refractivity contribution in [3.05, 3.63) is 30.3 Å². The van der Waals surface area contributed by atoms with E-state index in [1.165, 1.54) is 5.69 Å². The second-order valence-corrected chi connectivity index (χ2v) is 4.46. The number of hydrogen-bond acceptors (Lipinski definition) is 2. The number of benzene rings is 1. The Hall–Kier alpha value is -1.13. The van der Waals surface area contributed by atoms with Crippen molar-refractivity contribution in [3.8, 4) is 0 Å². The van der Waals surface area contributed by atoms with Gasteiger partial charge in [0, 0.05) is 38.4 Å². The van der Waals surface area contributed by atoms with Gasteiger partial charge in [-0.15, -0.1) is 0 Å². The topological polar surface area (TPSA) is 18.5 Å². The van der Waals surface area contributed by atoms with Crippen molar-refractivity contribution < 1.29 is 0 Å². The van der Waals surface area contributed by atoms with Crippen LogP contribution in [0.5, 0.6) is 0 Å². The van der Waals surface area contributed by atoms with Crippen molar-refractivity contribution in [2.75, 3.05) is 37.6 Å². The van der Waals surface area contributed by atoms with Gasteiger partial charge in [-0.25, -0.2) is 0 Å². The van der Waals surface area contributed by atoms with E-state index < -0.39 is 0 Å². The molecule has 1 aromatic carbocycles. The van der Waals surface area contributed by atoms with Gasteiger partial charge in [0.2, 0.25) is 0 Å². The van der Waals surface area contributed by atoms with Gasteiger partial charge in [0.25, 0.3) is 0 Å². The second kappa shape index (κ2) is 5.98. The highest BCUT2D eigenvalue weighted by Gasteiger charge is 2.18. The quantitative estimate of drug-likeness (QED) is 0.804. The Morgan fingerprint density at radius 1 is 1.29 bits per heavy atom. The van der Waals surface area contributed by atoms with E-state index in [1.807, 2.05) is 6.07 Å². The lowest BCUT2D eigenvalue weighted by atomic mass is 10.3. The highest BCUT2D eigenvalue weighted by molar-refractivity contribution is 7.80. The average molecular weight is 249 g/mol. The van der Waals surface area contributed by atoms with Crippen LogP contribution in [-0.4, -0.2) is 42.7 Å². The summed E-state index contributed by atoms with van der Waals surface area (Å²) in [4.78, 5) is 4.48. The van der Waals surface area contributed by atoms with Crippen LogP contribution in [0, 0.1) is 0 Å². The Bertz CT molecular complexity index is 360. The highest BCUT2D eigenvalue weighted by Crippen LogP contribution is 2.15. The number of rotatable bonds is 2. The van der Waals surface area contributed by atoms with Gasteiger partial charge < -0.3 is 15.1 Å². The number of hydrogen-bond donors (Lipinski definition) is 1. The van der Waals surface area contributed by atoms with E-state index in [4.69, 9.17) is 12.2 Å². The summed E-state index contributed by atoms with van der Waals surface area (Å²) < 4.78 is 0. The van der Waals surface area contributed by atoms with Crippen LogP contribution in [0.15, 0.2) is 30.3 Å². The van der Waals surface area contributed by atoms with Crippen LogP contribution < -0.4 is 10.2 Å². The average Bonchev–Trinajstić information content (AvgIpc) is 2.42. The predicted octanol–water partition coefficient (Wildman–Crippen LogP) is 1.70. The number of nitrogens with zero attached hydrogens (tertiary/aromatic N) is 2. The van der Waals surface area contributed by atoms with Gasteiger partial charge in [-0.2, -0.15) is 0 Å². The first-order valence-corrected chi connectivity index (χ1v) is 6.56. The monoisotopic (exact) mass is 249 g/mol. The minimum absolute atomic E-state index is 0.909. The molecule has 2 rings (SSSR count). The van der Waals surface area contributed by atoms with Gasteiger partial charge >= 0.3 is 0 Å². The molecule has 0 unspecified atom stereocenters. The molecule has 3 nitrogen and oxygen atoms in total. The fourth-order valence-corrected chi connectivity index (χ4v) is 2.48. The third-order valence-electron chi connectivity index (χ3n) is 3.00. The van der Waals surface area contributed by atoms with Gasteiger partial charge in [-0.1, -0.05) is 18.2 Å². The molecule has 0 amide bonds. The summed E-state index contributed by atoms with van der Waals surface area (Å²) in [6.45, 7) is 7.09. The molecule has 92 valence electrons. The first-order valence-electron chi connectivity index (χ1n) is 6.15. The maximum atomic E-state index is 5.60. The van der Waals surface area contributed by atoms with E-state index in [-0.39, 0.29) is 0 Å². The predicted molar refractivity (Wildman–Crippen MR) is 76.5 cm³/mol. The van der Waals surface area contributed by atoms with Crippen LogP contribution in [0.25, 0.3) is 0 Å². The molecular weight excluding hydrogens is 230 g/mol. The van der Waals surface area contributed by atoms with Crippen molar-refractivity contribution in [2.24, 2.45) is 0 Å². The molecule has 1 heterocycles. The summed E-state index contributed by atoms with van der Waals surface area (Å²) in [7, 11) is 0. The zero-order valence-electron chi connectivity index (χ0n) is 10.2. The zero-order chi connectivity index (χ0) is 12.1. The fraction of sp³-hybridized carbons (Fsp3) is 0.462. The summed E-state index contributed by atoms with van der Waals surface area (Å²) in [5.74, 6) is 0. The summed E-state index contributed by atoms with van der Waals surface area (Å²) in [6, 6.07) is 10.4. The smallest absolute Gasteiger partial charge is 0.176 e. The molecule has 4 heteroatoms. The fourth-order valence-electron chi connectivity index (χ4n) is 2.06. The van der Waals surface area contributed by atoms with Gasteiger partial charge in [0.05, 0.1) is 0 Å². The number of para-hydroxylation sites is 1. The molecule has 1 aliphatic heterocycles. The van der Waals surface area contributed by atoms with Crippen molar-refractivity contribution in [3.63, 3.8) is 0 Å². The molecule has 0 atom stereocenters. The van der Waals surface area contributed by atoms with E-state index in [2.05, 4.69) is 46.3 Å². The van der Waals surface area contributed by atoms with Gasteiger partial charge in [-0.05, 0) is 31.3 Å². The molecule has 0 spiro atoms. The second-order valence-electron chi connectivity index (χ2n) is 4.10. The molecule has 1 fully saturated rings.